The molecule has 35 nitrogen and oxygen atoms in total. The van der Waals surface area contributed by atoms with Gasteiger partial charge in [0.25, 0.3) is 20.2 Å². The van der Waals surface area contributed by atoms with Gasteiger partial charge in [0.2, 0.25) is 11.2 Å². The smallest absolute Gasteiger partial charge is 0.433 e. The van der Waals surface area contributed by atoms with E-state index >= 15 is 0 Å². The van der Waals surface area contributed by atoms with Crippen molar-refractivity contribution in [3.05, 3.63) is 78.1 Å². The summed E-state index contributed by atoms with van der Waals surface area (Å²) in [6, 6.07) is 13.2. The lowest BCUT2D eigenvalue weighted by atomic mass is 10.1. The van der Waals surface area contributed by atoms with Crippen LogP contribution in [0.15, 0.2) is 133 Å². The van der Waals surface area contributed by atoms with Gasteiger partial charge in [0.05, 0.1) is 68.1 Å². The number of carbonyl (C=O) groups is 1. The van der Waals surface area contributed by atoms with E-state index in [-0.39, 0.29) is 50.0 Å². The van der Waals surface area contributed by atoms with Crippen LogP contribution in [-0.2, 0) is 78.4 Å². The second kappa shape index (κ2) is 27.2. The van der Waals surface area contributed by atoms with E-state index < -0.39 is 140 Å². The Morgan fingerprint density at radius 3 is 1.98 bits per heavy atom. The molecule has 6 aromatic rings. The van der Waals surface area contributed by atoms with Crippen LogP contribution < -0.4 is 11.1 Å². The van der Waals surface area contributed by atoms with E-state index in [0.29, 0.717) is 16.7 Å². The molecule has 0 saturated heterocycles. The first-order valence-corrected chi connectivity index (χ1v) is 30.3. The van der Waals surface area contributed by atoms with E-state index in [4.69, 9.17) is 31.7 Å². The maximum absolute atomic E-state index is 13.0. The monoisotopic (exact) mass is 1300 g/mol. The predicted molar refractivity (Wildman–Crippen MR) is 279 cm³/mol. The van der Waals surface area contributed by atoms with Gasteiger partial charge in [0.1, 0.15) is 32.5 Å². The van der Waals surface area contributed by atoms with E-state index in [9.17, 15) is 66.2 Å². The largest absolute Gasteiger partial charge is 0.505 e. The van der Waals surface area contributed by atoms with Crippen LogP contribution in [0.4, 0.5) is 51.4 Å². The molecule has 5 aromatic carbocycles. The van der Waals surface area contributed by atoms with Crippen molar-refractivity contribution in [3.8, 4) is 17.1 Å². The van der Waals surface area contributed by atoms with Gasteiger partial charge in [0, 0.05) is 10.1 Å². The molecule has 0 aliphatic rings. The number of nitrogens with one attached hydrogen (secondary N) is 1. The Balaban J connectivity index is 0.0000120. The molecule has 0 spiro atoms. The van der Waals surface area contributed by atoms with Gasteiger partial charge in [-0.3, -0.25) is 27.9 Å². The summed E-state index contributed by atoms with van der Waals surface area (Å²) in [5.74, 6) is -4.09. The number of nitrogen functional groups attached to an aromatic ring is 1. The van der Waals surface area contributed by atoms with Crippen LogP contribution in [0.25, 0.3) is 10.8 Å². The number of carboxylic acid groups (broad SMARTS) is 1. The number of nitrogens with zero attached hydrogens (tertiary/aromatic N) is 9. The number of rotatable bonds is 24. The van der Waals surface area contributed by atoms with Gasteiger partial charge in [-0.05, 0) is 106 Å². The zero-order chi connectivity index (χ0) is 58.8. The molecule has 1 heterocycles. The fourth-order valence-corrected chi connectivity index (χ4v) is 10.5. The van der Waals surface area contributed by atoms with Crippen LogP contribution in [0.3, 0.4) is 0 Å². The molecule has 0 aliphatic heterocycles. The third-order valence-electron chi connectivity index (χ3n) is 9.05. The highest BCUT2D eigenvalue weighted by Crippen LogP contribution is 2.50. The summed E-state index contributed by atoms with van der Waals surface area (Å²) in [5.41, 5.74) is 2.54. The quantitative estimate of drug-likeness (QED) is 0.00451. The summed E-state index contributed by atoms with van der Waals surface area (Å²) >= 11 is 7.62. The minimum Gasteiger partial charge on any atom is -0.505 e. The zero-order valence-corrected chi connectivity index (χ0v) is 46.2. The Hall–Kier alpha value is -6.91. The number of aromatic hydroxyl groups is 1. The Labute approximate surface area is 471 Å². The molecule has 0 atom stereocenters. The lowest BCUT2D eigenvalue weighted by Gasteiger charge is -2.14. The van der Waals surface area contributed by atoms with Crippen LogP contribution in [0.1, 0.15) is 0 Å². The molecular weight excluding hydrogens is 1270 g/mol. The second-order valence-electron chi connectivity index (χ2n) is 14.4. The van der Waals surface area contributed by atoms with Gasteiger partial charge < -0.3 is 26.7 Å². The Morgan fingerprint density at radius 2 is 1.37 bits per heavy atom. The first kappa shape index (κ1) is 64.9. The van der Waals surface area contributed by atoms with Crippen molar-refractivity contribution in [3.63, 3.8) is 0 Å². The molecule has 44 heteroatoms. The topological polar surface area (TPSA) is 558 Å². The molecule has 432 valence electrons. The number of carboxylic acids is 1. The van der Waals surface area contributed by atoms with Crippen molar-refractivity contribution in [2.45, 2.75) is 29.6 Å². The molecule has 0 aliphatic carbocycles. The number of phenols is 1. The van der Waals surface area contributed by atoms with Gasteiger partial charge in [-0.1, -0.05) is 16.8 Å². The Kier molecular flexibility index (Phi) is 21.8. The molecule has 0 bridgehead atoms. The number of hydrogen-bond donors (Lipinski definition) is 9. The highest BCUT2D eigenvalue weighted by Gasteiger charge is 2.27. The molecular formula is C37H30ClN11O24S8. The number of sulfone groups is 1. The molecule has 81 heavy (non-hydrogen) atoms. The van der Waals surface area contributed by atoms with Crippen molar-refractivity contribution >= 4 is 166 Å². The number of hydrogen-bond acceptors (Lipinski definition) is 32. The number of azo groups is 3. The number of nitrogens with two attached hydrogens (primary N) is 1. The number of aromatic nitrogens is 3. The summed E-state index contributed by atoms with van der Waals surface area (Å²) in [6.07, 6.45) is 1.86. The van der Waals surface area contributed by atoms with Crippen LogP contribution in [0.5, 0.6) is 5.75 Å². The van der Waals surface area contributed by atoms with Crippen molar-refractivity contribution in [2.75, 3.05) is 29.2 Å². The lowest BCUT2D eigenvalue weighted by molar-refractivity contribution is -0.432. The average Bonchev–Trinajstić information content (AvgIpc) is 3.36. The summed E-state index contributed by atoms with van der Waals surface area (Å²) in [6.45, 7) is -0.937. The van der Waals surface area contributed by atoms with Crippen LogP contribution in [0, 0.1) is 11.4 Å². The van der Waals surface area contributed by atoms with Crippen molar-refractivity contribution in [1.29, 1.82) is 0 Å². The Morgan fingerprint density at radius 1 is 0.753 bits per heavy atom. The van der Waals surface area contributed by atoms with Crippen LogP contribution in [0.2, 0.25) is 5.28 Å². The summed E-state index contributed by atoms with van der Waals surface area (Å²) < 4.78 is 170. The number of aliphatic carboxylic acids is 1. The van der Waals surface area contributed by atoms with Crippen molar-refractivity contribution in [2.24, 2.45) is 30.7 Å². The van der Waals surface area contributed by atoms with E-state index in [2.05, 4.69) is 79.0 Å². The number of phenolic OH excluding ortho intramolecular Hbond substituents is 1. The molecule has 1 aromatic heterocycles. The van der Waals surface area contributed by atoms with Gasteiger partial charge in [0.15, 0.2) is 26.8 Å². The predicted octanol–water partition coefficient (Wildman–Crippen LogP) is 6.58. The van der Waals surface area contributed by atoms with Gasteiger partial charge >= 0.3 is 26.8 Å². The first-order chi connectivity index (χ1) is 37.4. The van der Waals surface area contributed by atoms with Gasteiger partial charge in [-0.2, -0.15) is 58.9 Å². The van der Waals surface area contributed by atoms with E-state index in [1.165, 1.54) is 24.3 Å². The van der Waals surface area contributed by atoms with E-state index in [0.717, 1.165) is 60.3 Å². The molecule has 6 rings (SSSR count). The number of halogens is 1. The third-order valence-corrected chi connectivity index (χ3v) is 15.5. The second-order valence-corrected chi connectivity index (χ2v) is 24.3. The fraction of sp³-hybridized carbons (Fsp3) is 0.0811. The van der Waals surface area contributed by atoms with E-state index in [1.807, 2.05) is 6.11 Å². The number of anilines is 3. The lowest BCUT2D eigenvalue weighted by Crippen LogP contribution is -2.15. The molecule has 0 radical (unpaired) electrons. The summed E-state index contributed by atoms with van der Waals surface area (Å²) in [7, 11) is -24.7. The normalized spacial score (nSPS) is 12.4. The molecule has 12 N–H and O–H groups in total. The minimum atomic E-state index is -5.36. The maximum atomic E-state index is 13.0. The number of benzene rings is 5. The highest BCUT2D eigenvalue weighted by molar-refractivity contribution is 8.04. The average molecular weight is 1300 g/mol. The summed E-state index contributed by atoms with van der Waals surface area (Å²) in [4.78, 5) is 24.8. The van der Waals surface area contributed by atoms with Crippen molar-refractivity contribution < 1.29 is 109 Å². The fourth-order valence-electron chi connectivity index (χ4n) is 5.90. The zero-order valence-electron chi connectivity index (χ0n) is 39.0. The van der Waals surface area contributed by atoms with Crippen LogP contribution in [-0.4, -0.2) is 120 Å². The molecule has 0 unspecified atom stereocenters. The third kappa shape index (κ3) is 18.8. The maximum Gasteiger partial charge on any atom is 0.433 e. The van der Waals surface area contributed by atoms with Gasteiger partial charge in [-0.25, -0.2) is 17.9 Å². The highest BCUT2D eigenvalue weighted by atomic mass is 35.5. The van der Waals surface area contributed by atoms with Crippen LogP contribution >= 0.6 is 47.2 Å². The molecule has 0 amide bonds. The number of thioether (sulfide) groups is 2. The van der Waals surface area contributed by atoms with E-state index in [1.54, 1.807) is 0 Å². The van der Waals surface area contributed by atoms with Gasteiger partial charge in [-0.15, -0.1) is 24.8 Å². The minimum absolute atomic E-state index is 0. The Bertz CT molecular complexity index is 4140. The summed E-state index contributed by atoms with van der Waals surface area (Å²) in [5, 5.41) is 60.9. The number of fused-ring (bicyclic) bond motifs is 1. The first-order valence-electron chi connectivity index (χ1n) is 20.1. The SMILES string of the molecule is Nc1c(N=Nc2ccc(S(=O)(=O)CCOS(=O)(=O)O)cc2)c(S(=O)(=O)O)cc2cc(SOOO)c(N=Nc3cc(Nc4nc(Cl)nc(SCC(=O)O)n4)c(N=Nc4ccc(SC#COOS(=O)(=O)O)cc4)cc3S(=O)(=O)O)c(O)c12.O. The molecule has 0 fully saturated rings. The standard InChI is InChI=1S/C37H28ClN11O23S8.H2O/c38-35-41-36(43-37(42-35)74-17-29(50)51)40-23-15-25(27(77(56,57)58)16-24(23)46-44-19-1-5-21(6-2-19)73-11-9-68-72-80(65,66)67)47-48-32-26(75-71-70-53)13-18-14-28(78(59,60)61)33(31(39)30(18)34(32)52)49-45-20-3-7-22(8-4-20)76(54,55)12-10-69-79(62,63)64;/h1-8,13-16,52-53H,10,12,17,39H2,(H,50,51)(H,56,57,58)(H,59,60,61)(H,62,63,64)(H,65,66,67)(H,40,41,42,43);1H2. The van der Waals surface area contributed by atoms with Crippen molar-refractivity contribution in [1.82, 2.24) is 15.0 Å². The molecule has 0 saturated carbocycles.